The molecule has 1 aliphatic rings. The van der Waals surface area contributed by atoms with Gasteiger partial charge in [0.05, 0.1) is 5.56 Å². The fourth-order valence-electron chi connectivity index (χ4n) is 4.31. The maximum Gasteiger partial charge on any atom is 0.258 e. The highest BCUT2D eigenvalue weighted by atomic mass is 19.1. The van der Waals surface area contributed by atoms with Gasteiger partial charge in [-0.3, -0.25) is 9.59 Å². The average molecular weight is 445 g/mol. The molecule has 0 aliphatic carbocycles. The van der Waals surface area contributed by atoms with E-state index in [1.165, 1.54) is 37.0 Å². The number of nitrogens with zero attached hydrogens (tertiary/aromatic N) is 1. The van der Waals surface area contributed by atoms with E-state index < -0.39 is 11.7 Å². The molecule has 170 valence electrons. The smallest absolute Gasteiger partial charge is 0.258 e. The molecule has 0 bridgehead atoms. The summed E-state index contributed by atoms with van der Waals surface area (Å²) < 4.78 is 13.9. The molecule has 3 aromatic rings. The first-order valence-electron chi connectivity index (χ1n) is 11.7. The molecule has 0 saturated heterocycles. The Bertz CT molecular complexity index is 1110. The summed E-state index contributed by atoms with van der Waals surface area (Å²) in [7, 11) is 0. The van der Waals surface area contributed by atoms with Crippen molar-refractivity contribution in [3.05, 3.63) is 95.3 Å². The van der Waals surface area contributed by atoms with Crippen LogP contribution in [0.3, 0.4) is 0 Å². The highest BCUT2D eigenvalue weighted by Gasteiger charge is 2.20. The Morgan fingerprint density at radius 3 is 2.21 bits per heavy atom. The number of rotatable bonds is 3. The summed E-state index contributed by atoms with van der Waals surface area (Å²) >= 11 is 0. The van der Waals surface area contributed by atoms with E-state index in [4.69, 9.17) is 0 Å². The Morgan fingerprint density at radius 1 is 0.758 bits per heavy atom. The lowest BCUT2D eigenvalue weighted by Gasteiger charge is -2.25. The van der Waals surface area contributed by atoms with Gasteiger partial charge in [0.15, 0.2) is 0 Å². The van der Waals surface area contributed by atoms with E-state index in [-0.39, 0.29) is 11.5 Å². The van der Waals surface area contributed by atoms with Crippen molar-refractivity contribution in [1.82, 2.24) is 0 Å². The van der Waals surface area contributed by atoms with Crippen molar-refractivity contribution in [2.24, 2.45) is 0 Å². The average Bonchev–Trinajstić information content (AvgIpc) is 2.88. The Kier molecular flexibility index (Phi) is 7.51. The van der Waals surface area contributed by atoms with Gasteiger partial charge in [-0.05, 0) is 67.3 Å². The van der Waals surface area contributed by atoms with Crippen LogP contribution in [-0.2, 0) is 6.42 Å². The molecular weight excluding hydrogens is 415 g/mol. The highest BCUT2D eigenvalue weighted by Crippen LogP contribution is 2.27. The number of para-hydroxylation sites is 1. The fourth-order valence-corrected chi connectivity index (χ4v) is 4.31. The number of benzene rings is 3. The van der Waals surface area contributed by atoms with Crippen LogP contribution in [0.4, 0.5) is 15.8 Å². The monoisotopic (exact) mass is 444 g/mol. The largest absolute Gasteiger partial charge is 0.322 e. The molecular formula is C28H29FN2O2. The molecule has 1 aliphatic heterocycles. The Morgan fingerprint density at radius 2 is 1.42 bits per heavy atom. The lowest BCUT2D eigenvalue weighted by Crippen LogP contribution is -2.32. The topological polar surface area (TPSA) is 49.4 Å². The third-order valence-electron chi connectivity index (χ3n) is 6.11. The number of amides is 2. The number of halogens is 1. The van der Waals surface area contributed by atoms with Crippen LogP contribution >= 0.6 is 0 Å². The van der Waals surface area contributed by atoms with Crippen molar-refractivity contribution in [3.63, 3.8) is 0 Å². The SMILES string of the molecule is O=C(Nc1ccc(C(=O)N2CCCCCCCCc3ccccc32)cc1)c1ccccc1F. The van der Waals surface area contributed by atoms with E-state index >= 15 is 0 Å². The summed E-state index contributed by atoms with van der Waals surface area (Å²) in [6.07, 6.45) is 7.87. The predicted molar refractivity (Wildman–Crippen MR) is 130 cm³/mol. The first kappa shape index (κ1) is 22.7. The Hall–Kier alpha value is -3.47. The van der Waals surface area contributed by atoms with Crippen molar-refractivity contribution >= 4 is 23.2 Å². The zero-order chi connectivity index (χ0) is 23.0. The van der Waals surface area contributed by atoms with Gasteiger partial charge in [0, 0.05) is 23.5 Å². The summed E-state index contributed by atoms with van der Waals surface area (Å²) in [5, 5.41) is 2.70. The van der Waals surface area contributed by atoms with Gasteiger partial charge in [-0.25, -0.2) is 4.39 Å². The maximum absolute atomic E-state index is 13.9. The highest BCUT2D eigenvalue weighted by molar-refractivity contribution is 6.07. The number of nitrogens with one attached hydrogen (secondary N) is 1. The second-order valence-corrected chi connectivity index (χ2v) is 8.47. The number of carbonyl (C=O) groups is 2. The number of carbonyl (C=O) groups excluding carboxylic acids is 2. The van der Waals surface area contributed by atoms with Gasteiger partial charge in [0.2, 0.25) is 0 Å². The van der Waals surface area contributed by atoms with Crippen LogP contribution in [0, 0.1) is 5.82 Å². The van der Waals surface area contributed by atoms with Crippen LogP contribution in [0.15, 0.2) is 72.8 Å². The number of hydrogen-bond donors (Lipinski definition) is 1. The molecule has 0 radical (unpaired) electrons. The first-order chi connectivity index (χ1) is 16.1. The molecule has 4 rings (SSSR count). The molecule has 1 N–H and O–H groups in total. The van der Waals surface area contributed by atoms with E-state index in [1.807, 2.05) is 23.1 Å². The van der Waals surface area contributed by atoms with Gasteiger partial charge in [0.25, 0.3) is 11.8 Å². The normalized spacial score (nSPS) is 14.6. The lowest BCUT2D eigenvalue weighted by atomic mass is 10.0. The molecule has 0 unspecified atom stereocenters. The fraction of sp³-hybridized carbons (Fsp3) is 0.286. The summed E-state index contributed by atoms with van der Waals surface area (Å²) in [5.41, 5.74) is 3.25. The van der Waals surface area contributed by atoms with E-state index in [1.54, 1.807) is 36.4 Å². The summed E-state index contributed by atoms with van der Waals surface area (Å²) in [4.78, 5) is 27.8. The number of fused-ring (bicyclic) bond motifs is 1. The van der Waals surface area contributed by atoms with Crippen molar-refractivity contribution in [2.75, 3.05) is 16.8 Å². The molecule has 5 heteroatoms. The van der Waals surface area contributed by atoms with E-state index in [9.17, 15) is 14.0 Å². The van der Waals surface area contributed by atoms with Crippen molar-refractivity contribution in [1.29, 1.82) is 0 Å². The van der Waals surface area contributed by atoms with Crippen LogP contribution in [0.2, 0.25) is 0 Å². The summed E-state index contributed by atoms with van der Waals surface area (Å²) in [5.74, 6) is -1.14. The molecule has 0 aromatic heterocycles. The third kappa shape index (κ3) is 5.67. The van der Waals surface area contributed by atoms with Crippen LogP contribution in [-0.4, -0.2) is 18.4 Å². The minimum absolute atomic E-state index is 0.0159. The predicted octanol–water partition coefficient (Wildman–Crippen LogP) is 6.62. The molecule has 2 amide bonds. The number of anilines is 2. The second-order valence-electron chi connectivity index (χ2n) is 8.47. The van der Waals surface area contributed by atoms with E-state index in [0.717, 1.165) is 31.4 Å². The van der Waals surface area contributed by atoms with Crippen molar-refractivity contribution < 1.29 is 14.0 Å². The molecule has 33 heavy (non-hydrogen) atoms. The number of aryl methyl sites for hydroxylation is 1. The molecule has 0 fully saturated rings. The third-order valence-corrected chi connectivity index (χ3v) is 6.11. The Labute approximate surface area is 194 Å². The maximum atomic E-state index is 13.9. The van der Waals surface area contributed by atoms with Crippen LogP contribution in [0.5, 0.6) is 0 Å². The van der Waals surface area contributed by atoms with Gasteiger partial charge < -0.3 is 10.2 Å². The quantitative estimate of drug-likeness (QED) is 0.493. The number of hydrogen-bond acceptors (Lipinski definition) is 2. The lowest BCUT2D eigenvalue weighted by molar-refractivity contribution is 0.0985. The molecule has 3 aromatic carbocycles. The van der Waals surface area contributed by atoms with E-state index in [0.29, 0.717) is 17.8 Å². The first-order valence-corrected chi connectivity index (χ1v) is 11.7. The molecule has 1 heterocycles. The minimum Gasteiger partial charge on any atom is -0.322 e. The summed E-state index contributed by atoms with van der Waals surface area (Å²) in [6, 6.07) is 20.8. The molecule has 4 nitrogen and oxygen atoms in total. The van der Waals surface area contributed by atoms with Crippen LogP contribution in [0.25, 0.3) is 0 Å². The minimum atomic E-state index is -0.569. The van der Waals surface area contributed by atoms with Gasteiger partial charge in [-0.1, -0.05) is 56.0 Å². The summed E-state index contributed by atoms with van der Waals surface area (Å²) in [6.45, 7) is 0.682. The zero-order valence-electron chi connectivity index (χ0n) is 18.7. The molecule has 0 saturated carbocycles. The Balaban J connectivity index is 1.53. The van der Waals surface area contributed by atoms with Gasteiger partial charge >= 0.3 is 0 Å². The standard InChI is InChI=1S/C28H29FN2O2/c29-25-14-8-7-13-24(25)27(32)30-23-18-16-22(17-19-23)28(33)31-20-10-4-2-1-3-5-11-21-12-6-9-15-26(21)31/h6-9,12-19H,1-5,10-11,20H2,(H,30,32). The van der Waals surface area contributed by atoms with Gasteiger partial charge in [0.1, 0.15) is 5.82 Å². The van der Waals surface area contributed by atoms with Gasteiger partial charge in [-0.15, -0.1) is 0 Å². The van der Waals surface area contributed by atoms with E-state index in [2.05, 4.69) is 11.4 Å². The zero-order valence-corrected chi connectivity index (χ0v) is 18.7. The van der Waals surface area contributed by atoms with Crippen LogP contribution < -0.4 is 10.2 Å². The molecule has 0 atom stereocenters. The second kappa shape index (κ2) is 10.9. The van der Waals surface area contributed by atoms with Crippen LogP contribution in [0.1, 0.15) is 64.8 Å². The van der Waals surface area contributed by atoms with Crippen molar-refractivity contribution in [2.45, 2.75) is 44.9 Å². The molecule has 0 spiro atoms. The van der Waals surface area contributed by atoms with Gasteiger partial charge in [-0.2, -0.15) is 0 Å². The van der Waals surface area contributed by atoms with Crippen molar-refractivity contribution in [3.8, 4) is 0 Å².